The first-order valence-electron chi connectivity index (χ1n) is 7.11. The van der Waals surface area contributed by atoms with Crippen LogP contribution in [0.15, 0.2) is 34.3 Å². The molecule has 0 radical (unpaired) electrons. The third-order valence-electron chi connectivity index (χ3n) is 2.86. The van der Waals surface area contributed by atoms with Gasteiger partial charge in [0.1, 0.15) is 24.0 Å². The van der Waals surface area contributed by atoms with Crippen LogP contribution in [0, 0.1) is 4.91 Å². The first kappa shape index (κ1) is 18.3. The number of carbonyl (C=O) groups is 1. The maximum Gasteiger partial charge on any atom is 0.434 e. The minimum absolute atomic E-state index is 0.0299. The Kier molecular flexibility index (Phi) is 5.21. The number of carbonyl (C=O) groups excluding carboxylic acids is 1. The van der Waals surface area contributed by atoms with Crippen molar-refractivity contribution in [3.63, 3.8) is 0 Å². The fourth-order valence-corrected chi connectivity index (χ4v) is 2.99. The molecule has 0 spiro atoms. The summed E-state index contributed by atoms with van der Waals surface area (Å²) in [5.74, 6) is 0. The van der Waals surface area contributed by atoms with Crippen molar-refractivity contribution in [3.05, 3.63) is 29.2 Å². The SMILES string of the molecule is CC(C)(C)OC(=O)N1C[C@H](OS(=O)(=O)c2cccc(N=O)c2)CO1. The standard InChI is InChI=1S/C14H18N2O7S/c1-14(2,3)22-13(17)16-8-11(9-21-16)23-24(19,20)12-6-4-5-10(7-12)15-18/h4-7,11H,8-9H2,1-3H3/t11-/m0/s1. The van der Waals surface area contributed by atoms with Gasteiger partial charge in [0.15, 0.2) is 0 Å². The molecule has 2 rings (SSSR count). The third-order valence-corrected chi connectivity index (χ3v) is 4.21. The van der Waals surface area contributed by atoms with Crippen molar-refractivity contribution in [2.75, 3.05) is 13.2 Å². The zero-order chi connectivity index (χ0) is 18.0. The lowest BCUT2D eigenvalue weighted by Gasteiger charge is -2.23. The van der Waals surface area contributed by atoms with Crippen LogP contribution < -0.4 is 0 Å². The molecule has 1 saturated heterocycles. The minimum atomic E-state index is -4.12. The Balaban J connectivity index is 2.01. The summed E-state index contributed by atoms with van der Waals surface area (Å²) in [5.41, 5.74) is -0.731. The summed E-state index contributed by atoms with van der Waals surface area (Å²) in [6.45, 7) is 4.89. The molecule has 0 aliphatic carbocycles. The molecule has 1 heterocycles. The molecule has 1 aliphatic rings. The first-order chi connectivity index (χ1) is 11.1. The van der Waals surface area contributed by atoms with Gasteiger partial charge in [-0.3, -0.25) is 9.02 Å². The Morgan fingerprint density at radius 2 is 2.08 bits per heavy atom. The molecule has 9 nitrogen and oxygen atoms in total. The maximum absolute atomic E-state index is 12.2. The molecular weight excluding hydrogens is 340 g/mol. The molecule has 24 heavy (non-hydrogen) atoms. The number of nitrogens with zero attached hydrogens (tertiary/aromatic N) is 2. The van der Waals surface area contributed by atoms with Crippen LogP contribution in [0.1, 0.15) is 20.8 Å². The van der Waals surface area contributed by atoms with Gasteiger partial charge in [-0.05, 0) is 44.1 Å². The van der Waals surface area contributed by atoms with E-state index >= 15 is 0 Å². The zero-order valence-electron chi connectivity index (χ0n) is 13.5. The smallest absolute Gasteiger partial charge is 0.434 e. The Hall–Kier alpha value is -2.04. The first-order valence-corrected chi connectivity index (χ1v) is 8.52. The summed E-state index contributed by atoms with van der Waals surface area (Å²) in [5, 5.41) is 3.59. The maximum atomic E-state index is 12.2. The number of hydrogen-bond donors (Lipinski definition) is 0. The van der Waals surface area contributed by atoms with Crippen LogP contribution in [-0.2, 0) is 23.9 Å². The van der Waals surface area contributed by atoms with Gasteiger partial charge in [0.2, 0.25) is 0 Å². The van der Waals surface area contributed by atoms with Crippen LogP contribution in [0.4, 0.5) is 10.5 Å². The Morgan fingerprint density at radius 1 is 1.38 bits per heavy atom. The second-order valence-corrected chi connectivity index (χ2v) is 7.67. The number of amides is 1. The molecule has 0 N–H and O–H groups in total. The lowest BCUT2D eigenvalue weighted by Crippen LogP contribution is -2.35. The summed E-state index contributed by atoms with van der Waals surface area (Å²) in [7, 11) is -4.12. The van der Waals surface area contributed by atoms with Crippen molar-refractivity contribution in [2.24, 2.45) is 5.18 Å². The Morgan fingerprint density at radius 3 is 2.71 bits per heavy atom. The lowest BCUT2D eigenvalue weighted by atomic mass is 10.2. The molecule has 10 heteroatoms. The van der Waals surface area contributed by atoms with Crippen molar-refractivity contribution in [3.8, 4) is 0 Å². The van der Waals surface area contributed by atoms with Gasteiger partial charge in [0, 0.05) is 0 Å². The van der Waals surface area contributed by atoms with Gasteiger partial charge < -0.3 is 4.74 Å². The van der Waals surface area contributed by atoms with Crippen molar-refractivity contribution in [1.82, 2.24) is 5.06 Å². The molecular formula is C14H18N2O7S. The van der Waals surface area contributed by atoms with E-state index in [2.05, 4.69) is 5.18 Å². The average Bonchev–Trinajstić information content (AvgIpc) is 2.93. The van der Waals surface area contributed by atoms with E-state index < -0.39 is 27.9 Å². The molecule has 0 unspecified atom stereocenters. The molecule has 132 valence electrons. The molecule has 1 amide bonds. The van der Waals surface area contributed by atoms with Crippen LogP contribution in [-0.4, -0.2) is 44.4 Å². The molecule has 0 bridgehead atoms. The summed E-state index contributed by atoms with van der Waals surface area (Å²) in [4.78, 5) is 27.3. The summed E-state index contributed by atoms with van der Waals surface area (Å²) in [6.07, 6.45) is -1.60. The van der Waals surface area contributed by atoms with E-state index in [1.54, 1.807) is 20.8 Å². The number of benzene rings is 1. The molecule has 1 aliphatic heterocycles. The van der Waals surface area contributed by atoms with Crippen molar-refractivity contribution in [1.29, 1.82) is 0 Å². The topological polar surface area (TPSA) is 112 Å². The summed E-state index contributed by atoms with van der Waals surface area (Å²) in [6, 6.07) is 5.13. The molecule has 1 aromatic carbocycles. The number of nitroso groups, excluding NO2 is 1. The highest BCUT2D eigenvalue weighted by molar-refractivity contribution is 7.86. The molecule has 1 atom stereocenters. The average molecular weight is 358 g/mol. The van der Waals surface area contributed by atoms with E-state index in [9.17, 15) is 18.1 Å². The van der Waals surface area contributed by atoms with Gasteiger partial charge in [0.25, 0.3) is 10.1 Å². The van der Waals surface area contributed by atoms with Crippen LogP contribution in [0.3, 0.4) is 0 Å². The molecule has 1 fully saturated rings. The van der Waals surface area contributed by atoms with Crippen LogP contribution in [0.25, 0.3) is 0 Å². The third kappa shape index (κ3) is 4.73. The minimum Gasteiger partial charge on any atom is -0.442 e. The number of hydroxylamine groups is 2. The van der Waals surface area contributed by atoms with E-state index in [-0.39, 0.29) is 23.7 Å². The van der Waals surface area contributed by atoms with Gasteiger partial charge in [-0.1, -0.05) is 6.07 Å². The molecule has 0 saturated carbocycles. The fraction of sp³-hybridized carbons (Fsp3) is 0.500. The Bertz CT molecular complexity index is 727. The van der Waals surface area contributed by atoms with Gasteiger partial charge in [-0.2, -0.15) is 13.5 Å². The lowest BCUT2D eigenvalue weighted by molar-refractivity contribution is -0.107. The fourth-order valence-electron chi connectivity index (χ4n) is 1.89. The van der Waals surface area contributed by atoms with E-state index in [0.717, 1.165) is 11.1 Å². The molecule has 1 aromatic rings. The normalized spacial score (nSPS) is 18.5. The second-order valence-electron chi connectivity index (χ2n) is 6.10. The number of ether oxygens (including phenoxy) is 1. The van der Waals surface area contributed by atoms with Crippen molar-refractivity contribution < 1.29 is 27.0 Å². The summed E-state index contributed by atoms with van der Waals surface area (Å²) >= 11 is 0. The van der Waals surface area contributed by atoms with Crippen LogP contribution in [0.2, 0.25) is 0 Å². The second kappa shape index (κ2) is 6.83. The van der Waals surface area contributed by atoms with E-state index in [1.165, 1.54) is 18.2 Å². The highest BCUT2D eigenvalue weighted by Gasteiger charge is 2.35. The van der Waals surface area contributed by atoms with E-state index in [0.29, 0.717) is 0 Å². The van der Waals surface area contributed by atoms with Gasteiger partial charge in [-0.25, -0.2) is 4.79 Å². The number of rotatable bonds is 4. The van der Waals surface area contributed by atoms with E-state index in [4.69, 9.17) is 13.8 Å². The molecule has 0 aromatic heterocycles. The van der Waals surface area contributed by atoms with E-state index in [1.807, 2.05) is 0 Å². The zero-order valence-corrected chi connectivity index (χ0v) is 14.3. The predicted molar refractivity (Wildman–Crippen MR) is 82.8 cm³/mol. The van der Waals surface area contributed by atoms with Crippen LogP contribution in [0.5, 0.6) is 0 Å². The van der Waals surface area contributed by atoms with Gasteiger partial charge >= 0.3 is 6.09 Å². The van der Waals surface area contributed by atoms with Crippen LogP contribution >= 0.6 is 0 Å². The summed E-state index contributed by atoms with van der Waals surface area (Å²) < 4.78 is 34.6. The predicted octanol–water partition coefficient (Wildman–Crippen LogP) is 2.34. The highest BCUT2D eigenvalue weighted by atomic mass is 32.2. The monoisotopic (exact) mass is 358 g/mol. The number of hydrogen-bond acceptors (Lipinski definition) is 8. The van der Waals surface area contributed by atoms with Gasteiger partial charge in [0.05, 0.1) is 11.4 Å². The van der Waals surface area contributed by atoms with Gasteiger partial charge in [-0.15, -0.1) is 4.91 Å². The Labute approximate surface area is 139 Å². The quantitative estimate of drug-likeness (QED) is 0.600. The highest BCUT2D eigenvalue weighted by Crippen LogP contribution is 2.23. The van der Waals surface area contributed by atoms with Crippen molar-refractivity contribution >= 4 is 21.9 Å². The van der Waals surface area contributed by atoms with Crippen molar-refractivity contribution in [2.45, 2.75) is 37.4 Å². The largest absolute Gasteiger partial charge is 0.442 e.